The molecule has 0 saturated carbocycles. The molecule has 2 N–H and O–H groups in total. The first-order valence-electron chi connectivity index (χ1n) is 6.40. The van der Waals surface area contributed by atoms with Crippen LogP contribution in [-0.4, -0.2) is 17.4 Å². The Balaban J connectivity index is 1.66. The quantitative estimate of drug-likeness (QED) is 0.854. The van der Waals surface area contributed by atoms with E-state index in [1.807, 2.05) is 42.5 Å². The number of anilines is 1. The molecule has 0 radical (unpaired) electrons. The highest BCUT2D eigenvalue weighted by atomic mass is 79.9. The van der Waals surface area contributed by atoms with E-state index in [1.165, 1.54) is 0 Å². The molecule has 1 heterocycles. The van der Waals surface area contributed by atoms with Crippen LogP contribution in [0.3, 0.4) is 0 Å². The van der Waals surface area contributed by atoms with Crippen molar-refractivity contribution in [3.8, 4) is 0 Å². The molecule has 0 aliphatic heterocycles. The molecule has 4 nitrogen and oxygen atoms in total. The van der Waals surface area contributed by atoms with Crippen LogP contribution in [0.15, 0.2) is 53.1 Å². The second-order valence-corrected chi connectivity index (χ2v) is 5.22. The number of rotatable bonds is 6. The summed E-state index contributed by atoms with van der Waals surface area (Å²) in [7, 11) is 0. The Labute approximate surface area is 126 Å². The molecule has 0 spiro atoms. The van der Waals surface area contributed by atoms with Gasteiger partial charge in [-0.2, -0.15) is 0 Å². The first-order chi connectivity index (χ1) is 9.74. The van der Waals surface area contributed by atoms with Crippen molar-refractivity contribution in [2.75, 3.05) is 11.9 Å². The topological polar surface area (TPSA) is 54.0 Å². The van der Waals surface area contributed by atoms with Gasteiger partial charge in [-0.25, -0.2) is 4.98 Å². The van der Waals surface area contributed by atoms with Gasteiger partial charge in [0.1, 0.15) is 5.82 Å². The summed E-state index contributed by atoms with van der Waals surface area (Å²) >= 11 is 3.33. The van der Waals surface area contributed by atoms with E-state index in [9.17, 15) is 4.79 Å². The van der Waals surface area contributed by atoms with Crippen LogP contribution in [-0.2, 0) is 11.3 Å². The van der Waals surface area contributed by atoms with E-state index in [0.29, 0.717) is 19.5 Å². The number of hydrogen-bond donors (Lipinski definition) is 2. The highest BCUT2D eigenvalue weighted by molar-refractivity contribution is 9.10. The summed E-state index contributed by atoms with van der Waals surface area (Å²) in [5.41, 5.74) is 1.10. The van der Waals surface area contributed by atoms with Gasteiger partial charge in [-0.05, 0) is 33.6 Å². The number of nitrogens with zero attached hydrogens (tertiary/aromatic N) is 1. The van der Waals surface area contributed by atoms with Gasteiger partial charge in [0.25, 0.3) is 0 Å². The molecule has 0 unspecified atom stereocenters. The van der Waals surface area contributed by atoms with Crippen molar-refractivity contribution >= 4 is 27.7 Å². The Bertz CT molecular complexity index is 543. The lowest BCUT2D eigenvalue weighted by Crippen LogP contribution is -2.24. The second-order valence-electron chi connectivity index (χ2n) is 4.30. The summed E-state index contributed by atoms with van der Waals surface area (Å²) in [5, 5.41) is 6.00. The van der Waals surface area contributed by atoms with Crippen molar-refractivity contribution < 1.29 is 4.79 Å². The zero-order valence-electron chi connectivity index (χ0n) is 11.0. The van der Waals surface area contributed by atoms with Crippen molar-refractivity contribution in [3.63, 3.8) is 0 Å². The minimum Gasteiger partial charge on any atom is -0.370 e. The van der Waals surface area contributed by atoms with E-state index in [2.05, 4.69) is 31.5 Å². The number of halogens is 1. The lowest BCUT2D eigenvalue weighted by Gasteiger charge is -2.07. The van der Waals surface area contributed by atoms with Gasteiger partial charge >= 0.3 is 0 Å². The van der Waals surface area contributed by atoms with Crippen LogP contribution < -0.4 is 10.6 Å². The van der Waals surface area contributed by atoms with Crippen molar-refractivity contribution in [1.29, 1.82) is 0 Å². The van der Waals surface area contributed by atoms with Crippen LogP contribution >= 0.6 is 15.9 Å². The summed E-state index contributed by atoms with van der Waals surface area (Å²) in [6.07, 6.45) is 2.14. The Morgan fingerprint density at radius 1 is 1.15 bits per heavy atom. The third-order valence-electron chi connectivity index (χ3n) is 2.72. The molecule has 2 aromatic rings. The standard InChI is InChI=1S/C15H16BrN3O/c16-13-6-7-14(18-11-13)17-9-8-15(20)19-10-12-4-2-1-3-5-12/h1-7,11H,8-10H2,(H,17,18)(H,19,20). The Morgan fingerprint density at radius 2 is 1.95 bits per heavy atom. The minimum atomic E-state index is 0.0264. The van der Waals surface area contributed by atoms with Crippen LogP contribution in [0.2, 0.25) is 0 Å². The zero-order chi connectivity index (χ0) is 14.2. The van der Waals surface area contributed by atoms with Crippen molar-refractivity contribution in [1.82, 2.24) is 10.3 Å². The molecule has 2 rings (SSSR count). The van der Waals surface area contributed by atoms with E-state index >= 15 is 0 Å². The summed E-state index contributed by atoms with van der Waals surface area (Å²) in [4.78, 5) is 15.9. The average molecular weight is 334 g/mol. The van der Waals surface area contributed by atoms with Crippen LogP contribution in [0.4, 0.5) is 5.82 Å². The largest absolute Gasteiger partial charge is 0.370 e. The van der Waals surface area contributed by atoms with Gasteiger partial charge in [0.15, 0.2) is 0 Å². The summed E-state index contributed by atoms with van der Waals surface area (Å²) in [6, 6.07) is 13.6. The lowest BCUT2D eigenvalue weighted by molar-refractivity contribution is -0.121. The third kappa shape index (κ3) is 5.01. The maximum atomic E-state index is 11.7. The molecule has 0 aliphatic rings. The molecule has 104 valence electrons. The monoisotopic (exact) mass is 333 g/mol. The molecular formula is C15H16BrN3O. The average Bonchev–Trinajstić information content (AvgIpc) is 2.48. The normalized spacial score (nSPS) is 10.1. The first kappa shape index (κ1) is 14.5. The number of carbonyl (C=O) groups excluding carboxylic acids is 1. The number of pyridine rings is 1. The molecule has 1 aromatic heterocycles. The number of amides is 1. The fourth-order valence-corrected chi connectivity index (χ4v) is 1.90. The molecule has 0 saturated heterocycles. The van der Waals surface area contributed by atoms with Crippen LogP contribution in [0, 0.1) is 0 Å². The van der Waals surface area contributed by atoms with E-state index in [4.69, 9.17) is 0 Å². The predicted octanol–water partition coefficient (Wildman–Crippen LogP) is 2.96. The van der Waals surface area contributed by atoms with Gasteiger partial charge in [-0.1, -0.05) is 30.3 Å². The zero-order valence-corrected chi connectivity index (χ0v) is 12.6. The summed E-state index contributed by atoms with van der Waals surface area (Å²) in [5.74, 6) is 0.794. The van der Waals surface area contributed by atoms with Gasteiger partial charge in [0.2, 0.25) is 5.91 Å². The lowest BCUT2D eigenvalue weighted by atomic mass is 10.2. The Hall–Kier alpha value is -1.88. The maximum absolute atomic E-state index is 11.7. The van der Waals surface area contributed by atoms with Crippen LogP contribution in [0.1, 0.15) is 12.0 Å². The molecule has 1 aromatic carbocycles. The third-order valence-corrected chi connectivity index (χ3v) is 3.19. The SMILES string of the molecule is O=C(CCNc1ccc(Br)cn1)NCc1ccccc1. The van der Waals surface area contributed by atoms with Crippen LogP contribution in [0.5, 0.6) is 0 Å². The second kappa shape index (κ2) is 7.65. The number of hydrogen-bond acceptors (Lipinski definition) is 3. The summed E-state index contributed by atoms with van der Waals surface area (Å²) < 4.78 is 0.934. The number of aromatic nitrogens is 1. The molecule has 0 atom stereocenters. The number of nitrogens with one attached hydrogen (secondary N) is 2. The van der Waals surface area contributed by atoms with Gasteiger partial charge < -0.3 is 10.6 Å². The number of benzene rings is 1. The Kier molecular flexibility index (Phi) is 5.55. The fraction of sp³-hybridized carbons (Fsp3) is 0.200. The van der Waals surface area contributed by atoms with Gasteiger partial charge in [0.05, 0.1) is 0 Å². The smallest absolute Gasteiger partial charge is 0.222 e. The summed E-state index contributed by atoms with van der Waals surface area (Å²) in [6.45, 7) is 1.13. The van der Waals surface area contributed by atoms with Crippen molar-refractivity contribution in [3.05, 3.63) is 58.7 Å². The molecule has 20 heavy (non-hydrogen) atoms. The molecule has 0 bridgehead atoms. The van der Waals surface area contributed by atoms with Crippen molar-refractivity contribution in [2.45, 2.75) is 13.0 Å². The van der Waals surface area contributed by atoms with E-state index in [0.717, 1.165) is 15.9 Å². The highest BCUT2D eigenvalue weighted by Gasteiger charge is 2.01. The van der Waals surface area contributed by atoms with Crippen molar-refractivity contribution in [2.24, 2.45) is 0 Å². The van der Waals surface area contributed by atoms with E-state index < -0.39 is 0 Å². The molecular weight excluding hydrogens is 318 g/mol. The molecule has 1 amide bonds. The van der Waals surface area contributed by atoms with E-state index in [1.54, 1.807) is 6.20 Å². The maximum Gasteiger partial charge on any atom is 0.222 e. The Morgan fingerprint density at radius 3 is 2.65 bits per heavy atom. The first-order valence-corrected chi connectivity index (χ1v) is 7.19. The number of carbonyl (C=O) groups is 1. The highest BCUT2D eigenvalue weighted by Crippen LogP contribution is 2.10. The fourth-order valence-electron chi connectivity index (χ4n) is 1.67. The molecule has 5 heteroatoms. The van der Waals surface area contributed by atoms with Crippen LogP contribution in [0.25, 0.3) is 0 Å². The molecule has 0 fully saturated rings. The van der Waals surface area contributed by atoms with Gasteiger partial charge in [-0.3, -0.25) is 4.79 Å². The van der Waals surface area contributed by atoms with Gasteiger partial charge in [-0.15, -0.1) is 0 Å². The predicted molar refractivity (Wildman–Crippen MR) is 83.3 cm³/mol. The van der Waals surface area contributed by atoms with Gasteiger partial charge in [0, 0.05) is 30.2 Å². The molecule has 0 aliphatic carbocycles. The minimum absolute atomic E-state index is 0.0264. The van der Waals surface area contributed by atoms with E-state index in [-0.39, 0.29) is 5.91 Å².